The third-order valence-corrected chi connectivity index (χ3v) is 2.00. The zero-order chi connectivity index (χ0) is 15.1. The van der Waals surface area contributed by atoms with Gasteiger partial charge in [-0.25, -0.2) is 9.59 Å². The molecule has 0 fully saturated rings. The predicted octanol–water partition coefficient (Wildman–Crippen LogP) is 0.881. The van der Waals surface area contributed by atoms with Gasteiger partial charge in [-0.05, 0) is 27.2 Å². The van der Waals surface area contributed by atoms with Crippen LogP contribution in [0.3, 0.4) is 0 Å². The average molecular weight is 274 g/mol. The summed E-state index contributed by atoms with van der Waals surface area (Å²) < 4.78 is 4.94. The fourth-order valence-electron chi connectivity index (χ4n) is 1.26. The van der Waals surface area contributed by atoms with Crippen molar-refractivity contribution in [1.29, 1.82) is 0 Å². The number of hydrogen-bond acceptors (Lipinski definition) is 4. The number of aliphatic carboxylic acids is 1. The van der Waals surface area contributed by atoms with Gasteiger partial charge in [-0.1, -0.05) is 13.3 Å². The molecular formula is C12H22N2O5. The van der Waals surface area contributed by atoms with Crippen LogP contribution in [0.4, 0.5) is 4.79 Å². The number of ether oxygens (including phenoxy) is 1. The summed E-state index contributed by atoms with van der Waals surface area (Å²) in [6.45, 7) is 6.61. The highest BCUT2D eigenvalue weighted by Crippen LogP contribution is 2.06. The van der Waals surface area contributed by atoms with Crippen molar-refractivity contribution in [3.8, 4) is 0 Å². The molecule has 0 bridgehead atoms. The number of carboxylic acids is 1. The third-order valence-electron chi connectivity index (χ3n) is 2.00. The first-order chi connectivity index (χ1) is 8.65. The lowest BCUT2D eigenvalue weighted by Gasteiger charge is -2.20. The van der Waals surface area contributed by atoms with E-state index in [0.717, 1.165) is 0 Å². The highest BCUT2D eigenvalue weighted by Gasteiger charge is 2.20. The Labute approximate surface area is 112 Å². The van der Waals surface area contributed by atoms with Crippen LogP contribution >= 0.6 is 0 Å². The molecule has 1 atom stereocenters. The molecule has 0 spiro atoms. The lowest BCUT2D eigenvalue weighted by molar-refractivity contribution is -0.141. The Hall–Kier alpha value is -1.79. The van der Waals surface area contributed by atoms with E-state index < -0.39 is 29.6 Å². The monoisotopic (exact) mass is 274 g/mol. The molecule has 0 aliphatic heterocycles. The summed E-state index contributed by atoms with van der Waals surface area (Å²) in [5, 5.41) is 13.4. The zero-order valence-electron chi connectivity index (χ0n) is 11.8. The summed E-state index contributed by atoms with van der Waals surface area (Å²) in [6, 6.07) is -0.932. The molecule has 7 nitrogen and oxygen atoms in total. The maximum absolute atomic E-state index is 11.5. The van der Waals surface area contributed by atoms with Gasteiger partial charge in [0.2, 0.25) is 5.91 Å². The maximum atomic E-state index is 11.5. The van der Waals surface area contributed by atoms with Crippen molar-refractivity contribution in [2.24, 2.45) is 0 Å². The molecule has 7 heteroatoms. The fraction of sp³-hybridized carbons (Fsp3) is 0.750. The van der Waals surface area contributed by atoms with Gasteiger partial charge in [-0.15, -0.1) is 0 Å². The molecule has 3 N–H and O–H groups in total. The second-order valence-electron chi connectivity index (χ2n) is 5.10. The van der Waals surface area contributed by atoms with Gasteiger partial charge in [0.15, 0.2) is 0 Å². The number of hydrogen-bond donors (Lipinski definition) is 3. The third kappa shape index (κ3) is 8.87. The molecule has 0 aliphatic carbocycles. The van der Waals surface area contributed by atoms with Gasteiger partial charge in [-0.3, -0.25) is 4.79 Å². The van der Waals surface area contributed by atoms with E-state index in [1.54, 1.807) is 20.8 Å². The van der Waals surface area contributed by atoms with Crippen LogP contribution < -0.4 is 10.6 Å². The number of carboxylic acid groups (broad SMARTS) is 1. The summed E-state index contributed by atoms with van der Waals surface area (Å²) in [4.78, 5) is 33.6. The zero-order valence-corrected chi connectivity index (χ0v) is 11.8. The molecule has 0 aromatic rings. The minimum atomic E-state index is -1.09. The Morgan fingerprint density at radius 3 is 2.26 bits per heavy atom. The van der Waals surface area contributed by atoms with Crippen LogP contribution in [0.1, 0.15) is 40.5 Å². The molecule has 110 valence electrons. The van der Waals surface area contributed by atoms with E-state index in [4.69, 9.17) is 9.84 Å². The van der Waals surface area contributed by atoms with Crippen molar-refractivity contribution in [1.82, 2.24) is 10.6 Å². The molecule has 0 aromatic carbocycles. The maximum Gasteiger partial charge on any atom is 0.408 e. The molecule has 2 amide bonds. The Balaban J connectivity index is 4.11. The summed E-state index contributed by atoms with van der Waals surface area (Å²) in [5.41, 5.74) is -0.646. The summed E-state index contributed by atoms with van der Waals surface area (Å²) in [7, 11) is 0. The summed E-state index contributed by atoms with van der Waals surface area (Å²) >= 11 is 0. The van der Waals surface area contributed by atoms with E-state index in [1.807, 2.05) is 6.92 Å². The second kappa shape index (κ2) is 7.60. The van der Waals surface area contributed by atoms with Gasteiger partial charge in [0.1, 0.15) is 18.2 Å². The molecular weight excluding hydrogens is 252 g/mol. The van der Waals surface area contributed by atoms with E-state index in [2.05, 4.69) is 10.6 Å². The van der Waals surface area contributed by atoms with Crippen LogP contribution in [-0.4, -0.2) is 41.3 Å². The van der Waals surface area contributed by atoms with Crippen molar-refractivity contribution in [3.05, 3.63) is 0 Å². The number of rotatable bonds is 6. The highest BCUT2D eigenvalue weighted by molar-refractivity contribution is 5.86. The van der Waals surface area contributed by atoms with Crippen molar-refractivity contribution in [2.45, 2.75) is 52.2 Å². The molecule has 19 heavy (non-hydrogen) atoms. The van der Waals surface area contributed by atoms with Crippen LogP contribution in [0, 0.1) is 0 Å². The molecule has 0 heterocycles. The fourth-order valence-corrected chi connectivity index (χ4v) is 1.26. The number of nitrogens with one attached hydrogen (secondary N) is 2. The van der Waals surface area contributed by atoms with Crippen LogP contribution in [0.5, 0.6) is 0 Å². The van der Waals surface area contributed by atoms with Crippen LogP contribution in [0.2, 0.25) is 0 Å². The van der Waals surface area contributed by atoms with E-state index in [1.165, 1.54) is 0 Å². The van der Waals surface area contributed by atoms with Gasteiger partial charge in [0.25, 0.3) is 0 Å². The highest BCUT2D eigenvalue weighted by atomic mass is 16.6. The van der Waals surface area contributed by atoms with Gasteiger partial charge in [-0.2, -0.15) is 0 Å². The summed E-state index contributed by atoms with van der Waals surface area (Å²) in [6.07, 6.45) is 0.259. The van der Waals surface area contributed by atoms with Gasteiger partial charge < -0.3 is 20.5 Å². The van der Waals surface area contributed by atoms with E-state index in [0.29, 0.717) is 12.8 Å². The van der Waals surface area contributed by atoms with Crippen molar-refractivity contribution >= 4 is 18.0 Å². The standard InChI is InChI=1S/C12H22N2O5/c1-5-6-8(10(16)17)14-9(15)7-13-11(18)19-12(2,3)4/h8H,5-7H2,1-4H3,(H,13,18)(H,14,15)(H,16,17)/t8-/m1/s1. The van der Waals surface area contributed by atoms with Gasteiger partial charge >= 0.3 is 12.1 Å². The smallest absolute Gasteiger partial charge is 0.408 e. The molecule has 0 saturated carbocycles. The first-order valence-electron chi connectivity index (χ1n) is 6.14. The first kappa shape index (κ1) is 17.2. The quantitative estimate of drug-likeness (QED) is 0.667. The minimum absolute atomic E-state index is 0.317. The SMILES string of the molecule is CCC[C@@H](NC(=O)CNC(=O)OC(C)(C)C)C(=O)O. The van der Waals surface area contributed by atoms with Crippen molar-refractivity contribution < 1.29 is 24.2 Å². The predicted molar refractivity (Wildman–Crippen MR) is 68.7 cm³/mol. The Kier molecular flexibility index (Phi) is 6.89. The Bertz CT molecular complexity index is 336. The Morgan fingerprint density at radius 2 is 1.84 bits per heavy atom. The minimum Gasteiger partial charge on any atom is -0.480 e. The first-order valence-corrected chi connectivity index (χ1v) is 6.14. The molecule has 0 radical (unpaired) electrons. The van der Waals surface area contributed by atoms with Crippen LogP contribution in [-0.2, 0) is 14.3 Å². The Morgan fingerprint density at radius 1 is 1.26 bits per heavy atom. The molecule has 0 saturated heterocycles. The van der Waals surface area contributed by atoms with Crippen molar-refractivity contribution in [2.75, 3.05) is 6.54 Å². The molecule has 0 aromatic heterocycles. The molecule has 0 aliphatic rings. The van der Waals surface area contributed by atoms with Gasteiger partial charge in [0.05, 0.1) is 0 Å². The van der Waals surface area contributed by atoms with E-state index in [9.17, 15) is 14.4 Å². The molecule has 0 unspecified atom stereocenters. The van der Waals surface area contributed by atoms with Crippen LogP contribution in [0.25, 0.3) is 0 Å². The van der Waals surface area contributed by atoms with Gasteiger partial charge in [0, 0.05) is 0 Å². The lowest BCUT2D eigenvalue weighted by Crippen LogP contribution is -2.46. The number of amides is 2. The van der Waals surface area contributed by atoms with E-state index >= 15 is 0 Å². The van der Waals surface area contributed by atoms with Crippen molar-refractivity contribution in [3.63, 3.8) is 0 Å². The summed E-state index contributed by atoms with van der Waals surface area (Å²) in [5.74, 6) is -1.65. The topological polar surface area (TPSA) is 105 Å². The largest absolute Gasteiger partial charge is 0.480 e. The van der Waals surface area contributed by atoms with E-state index in [-0.39, 0.29) is 6.54 Å². The average Bonchev–Trinajstić information content (AvgIpc) is 2.23. The number of carbonyl (C=O) groups excluding carboxylic acids is 2. The molecule has 0 rings (SSSR count). The van der Waals surface area contributed by atoms with Crippen LogP contribution in [0.15, 0.2) is 0 Å². The lowest BCUT2D eigenvalue weighted by atomic mass is 10.1. The number of carbonyl (C=O) groups is 3. The number of alkyl carbamates (subject to hydrolysis) is 1. The normalized spacial score (nSPS) is 12.4. The second-order valence-corrected chi connectivity index (χ2v) is 5.10.